The first-order valence-corrected chi connectivity index (χ1v) is 7.06. The molecule has 0 aliphatic carbocycles. The highest BCUT2D eigenvalue weighted by Gasteiger charge is 2.15. The van der Waals surface area contributed by atoms with Gasteiger partial charge in [0.1, 0.15) is 5.82 Å². The molecule has 0 aromatic carbocycles. The summed E-state index contributed by atoms with van der Waals surface area (Å²) in [5, 5.41) is 10.9. The van der Waals surface area contributed by atoms with Crippen molar-refractivity contribution in [2.75, 3.05) is 23.3 Å². The minimum absolute atomic E-state index is 0.294. The highest BCUT2D eigenvalue weighted by molar-refractivity contribution is 6.02. The zero-order valence-corrected chi connectivity index (χ0v) is 11.9. The monoisotopic (exact) mass is 283 g/mol. The Morgan fingerprint density at radius 1 is 1.19 bits per heavy atom. The van der Waals surface area contributed by atoms with Crippen molar-refractivity contribution >= 4 is 17.5 Å². The topological polar surface area (TPSA) is 71.0 Å². The van der Waals surface area contributed by atoms with Gasteiger partial charge in [-0.3, -0.25) is 4.79 Å². The van der Waals surface area contributed by atoms with Crippen molar-refractivity contribution in [1.29, 1.82) is 0 Å². The second kappa shape index (κ2) is 5.87. The van der Waals surface area contributed by atoms with Gasteiger partial charge in [-0.25, -0.2) is 4.98 Å². The lowest BCUT2D eigenvalue weighted by atomic mass is 10.3. The Bertz CT molecular complexity index is 635. The van der Waals surface area contributed by atoms with Crippen LogP contribution in [-0.4, -0.2) is 34.2 Å². The molecule has 3 rings (SSSR count). The van der Waals surface area contributed by atoms with Crippen LogP contribution in [0.25, 0.3) is 0 Å². The molecule has 108 valence electrons. The number of pyridine rings is 1. The van der Waals surface area contributed by atoms with Gasteiger partial charge in [-0.2, -0.15) is 0 Å². The number of anilines is 2. The highest BCUT2D eigenvalue weighted by Crippen LogP contribution is 2.17. The Morgan fingerprint density at radius 2 is 2.00 bits per heavy atom. The van der Waals surface area contributed by atoms with E-state index in [2.05, 4.69) is 25.4 Å². The first-order chi connectivity index (χ1) is 10.2. The van der Waals surface area contributed by atoms with E-state index >= 15 is 0 Å². The standard InChI is InChI=1S/C15H17N5O/c1-11-5-4-8-16-14(11)17-15(21)12-6-7-13(19-18-12)20-9-2-3-10-20/h4-8H,2-3,9-10H2,1H3,(H,16,17,21). The smallest absolute Gasteiger partial charge is 0.277 e. The van der Waals surface area contributed by atoms with Gasteiger partial charge in [-0.1, -0.05) is 6.07 Å². The summed E-state index contributed by atoms with van der Waals surface area (Å²) in [7, 11) is 0. The first-order valence-electron chi connectivity index (χ1n) is 7.06. The van der Waals surface area contributed by atoms with Crippen molar-refractivity contribution in [1.82, 2.24) is 15.2 Å². The number of nitrogens with zero attached hydrogens (tertiary/aromatic N) is 4. The van der Waals surface area contributed by atoms with E-state index in [0.717, 1.165) is 24.5 Å². The van der Waals surface area contributed by atoms with E-state index in [1.54, 1.807) is 12.3 Å². The van der Waals surface area contributed by atoms with Crippen LogP contribution in [0.1, 0.15) is 28.9 Å². The van der Waals surface area contributed by atoms with Gasteiger partial charge in [0.05, 0.1) is 0 Å². The molecule has 0 unspecified atom stereocenters. The first kappa shape index (κ1) is 13.5. The summed E-state index contributed by atoms with van der Waals surface area (Å²) < 4.78 is 0. The molecular weight excluding hydrogens is 266 g/mol. The van der Waals surface area contributed by atoms with E-state index in [9.17, 15) is 4.79 Å². The average Bonchev–Trinajstić information content (AvgIpc) is 3.04. The molecule has 0 atom stereocenters. The van der Waals surface area contributed by atoms with E-state index in [1.807, 2.05) is 25.1 Å². The third-order valence-corrected chi connectivity index (χ3v) is 3.55. The molecule has 2 aromatic heterocycles. The summed E-state index contributed by atoms with van der Waals surface area (Å²) in [4.78, 5) is 18.4. The zero-order chi connectivity index (χ0) is 14.7. The van der Waals surface area contributed by atoms with Crippen molar-refractivity contribution in [2.24, 2.45) is 0 Å². The van der Waals surface area contributed by atoms with E-state index in [0.29, 0.717) is 11.5 Å². The van der Waals surface area contributed by atoms with E-state index in [-0.39, 0.29) is 5.91 Å². The van der Waals surface area contributed by atoms with Crippen LogP contribution in [0, 0.1) is 6.92 Å². The molecule has 0 spiro atoms. The van der Waals surface area contributed by atoms with Crippen LogP contribution >= 0.6 is 0 Å². The molecule has 21 heavy (non-hydrogen) atoms. The lowest BCUT2D eigenvalue weighted by molar-refractivity contribution is 0.102. The van der Waals surface area contributed by atoms with Crippen molar-refractivity contribution < 1.29 is 4.79 Å². The lowest BCUT2D eigenvalue weighted by Gasteiger charge is -2.15. The molecule has 1 aliphatic rings. The highest BCUT2D eigenvalue weighted by atomic mass is 16.2. The molecule has 1 aliphatic heterocycles. The van der Waals surface area contributed by atoms with Gasteiger partial charge < -0.3 is 10.2 Å². The molecular formula is C15H17N5O. The van der Waals surface area contributed by atoms with Gasteiger partial charge in [0, 0.05) is 19.3 Å². The van der Waals surface area contributed by atoms with Crippen molar-refractivity contribution in [3.05, 3.63) is 41.7 Å². The molecule has 1 saturated heterocycles. The maximum absolute atomic E-state index is 12.1. The largest absolute Gasteiger partial charge is 0.355 e. The second-order valence-electron chi connectivity index (χ2n) is 5.09. The quantitative estimate of drug-likeness (QED) is 0.933. The van der Waals surface area contributed by atoms with Crippen LogP contribution in [0.4, 0.5) is 11.6 Å². The lowest BCUT2D eigenvalue weighted by Crippen LogP contribution is -2.21. The van der Waals surface area contributed by atoms with Gasteiger partial charge in [0.2, 0.25) is 0 Å². The fraction of sp³-hybridized carbons (Fsp3) is 0.333. The van der Waals surface area contributed by atoms with Crippen LogP contribution in [0.15, 0.2) is 30.5 Å². The number of rotatable bonds is 3. The third-order valence-electron chi connectivity index (χ3n) is 3.55. The predicted octanol–water partition coefficient (Wildman–Crippen LogP) is 2.03. The minimum Gasteiger partial charge on any atom is -0.355 e. The minimum atomic E-state index is -0.294. The average molecular weight is 283 g/mol. The number of hydrogen-bond acceptors (Lipinski definition) is 5. The number of nitrogens with one attached hydrogen (secondary N) is 1. The van der Waals surface area contributed by atoms with Crippen molar-refractivity contribution in [2.45, 2.75) is 19.8 Å². The summed E-state index contributed by atoms with van der Waals surface area (Å²) in [6, 6.07) is 7.27. The van der Waals surface area contributed by atoms with E-state index in [1.165, 1.54) is 12.8 Å². The zero-order valence-electron chi connectivity index (χ0n) is 11.9. The molecule has 6 heteroatoms. The van der Waals surface area contributed by atoms with Gasteiger partial charge in [0.15, 0.2) is 11.5 Å². The normalized spacial score (nSPS) is 14.2. The molecule has 0 saturated carbocycles. The van der Waals surface area contributed by atoms with Crippen LogP contribution in [0.3, 0.4) is 0 Å². The number of carbonyl (C=O) groups is 1. The molecule has 0 radical (unpaired) electrons. The predicted molar refractivity (Wildman–Crippen MR) is 80.4 cm³/mol. The Hall–Kier alpha value is -2.50. The summed E-state index contributed by atoms with van der Waals surface area (Å²) >= 11 is 0. The van der Waals surface area contributed by atoms with Gasteiger partial charge >= 0.3 is 0 Å². The molecule has 2 aromatic rings. The molecule has 1 amide bonds. The second-order valence-corrected chi connectivity index (χ2v) is 5.09. The van der Waals surface area contributed by atoms with E-state index < -0.39 is 0 Å². The van der Waals surface area contributed by atoms with Crippen LogP contribution in [0.2, 0.25) is 0 Å². The van der Waals surface area contributed by atoms with Gasteiger partial charge in [-0.05, 0) is 43.5 Å². The van der Waals surface area contributed by atoms with Crippen molar-refractivity contribution in [3.8, 4) is 0 Å². The van der Waals surface area contributed by atoms with Crippen LogP contribution in [-0.2, 0) is 0 Å². The molecule has 1 fully saturated rings. The Labute approximate surface area is 123 Å². The van der Waals surface area contributed by atoms with Crippen LogP contribution < -0.4 is 10.2 Å². The Balaban J connectivity index is 1.71. The number of hydrogen-bond donors (Lipinski definition) is 1. The Kier molecular flexibility index (Phi) is 3.77. The van der Waals surface area contributed by atoms with Crippen molar-refractivity contribution in [3.63, 3.8) is 0 Å². The third kappa shape index (κ3) is 2.99. The van der Waals surface area contributed by atoms with E-state index in [4.69, 9.17) is 0 Å². The van der Waals surface area contributed by atoms with Gasteiger partial charge in [-0.15, -0.1) is 10.2 Å². The molecule has 3 heterocycles. The summed E-state index contributed by atoms with van der Waals surface area (Å²) in [6.07, 6.45) is 4.01. The number of aromatic nitrogens is 3. The Morgan fingerprint density at radius 3 is 2.67 bits per heavy atom. The maximum atomic E-state index is 12.1. The molecule has 6 nitrogen and oxygen atoms in total. The van der Waals surface area contributed by atoms with Crippen LogP contribution in [0.5, 0.6) is 0 Å². The van der Waals surface area contributed by atoms with Gasteiger partial charge in [0.25, 0.3) is 5.91 Å². The summed E-state index contributed by atoms with van der Waals surface area (Å²) in [5.74, 6) is 1.09. The SMILES string of the molecule is Cc1cccnc1NC(=O)c1ccc(N2CCCC2)nn1. The fourth-order valence-corrected chi connectivity index (χ4v) is 2.35. The molecule has 0 bridgehead atoms. The fourth-order valence-electron chi connectivity index (χ4n) is 2.35. The number of aryl methyl sites for hydroxylation is 1. The summed E-state index contributed by atoms with van der Waals surface area (Å²) in [5.41, 5.74) is 1.20. The number of amides is 1. The maximum Gasteiger partial charge on any atom is 0.277 e. The number of carbonyl (C=O) groups excluding carboxylic acids is 1. The molecule has 1 N–H and O–H groups in total. The summed E-state index contributed by atoms with van der Waals surface area (Å²) in [6.45, 7) is 3.91.